The van der Waals surface area contributed by atoms with Crippen molar-refractivity contribution in [2.24, 2.45) is 0 Å². The standard InChI is InChI=1S/C6H6IN/c1-5-3-2-4-6(7)8-5/h2-4H,1H3. The van der Waals surface area contributed by atoms with Crippen molar-refractivity contribution < 1.29 is 0 Å². The van der Waals surface area contributed by atoms with Crippen LogP contribution in [-0.2, 0) is 0 Å². The normalized spacial score (nSPS) is 9.25. The Kier molecular flexibility index (Phi) is 1.83. The van der Waals surface area contributed by atoms with Crippen molar-refractivity contribution >= 4 is 22.6 Å². The summed E-state index contributed by atoms with van der Waals surface area (Å²) >= 11 is 2.19. The molecule has 1 rings (SSSR count). The minimum Gasteiger partial charge on any atom is -0.247 e. The Labute approximate surface area is 62.3 Å². The van der Waals surface area contributed by atoms with E-state index in [-0.39, 0.29) is 0 Å². The third kappa shape index (κ3) is 1.43. The van der Waals surface area contributed by atoms with Gasteiger partial charge < -0.3 is 0 Å². The van der Waals surface area contributed by atoms with Crippen LogP contribution in [0.1, 0.15) is 5.69 Å². The Bertz CT molecular complexity index is 168. The van der Waals surface area contributed by atoms with E-state index in [0.717, 1.165) is 9.39 Å². The lowest BCUT2D eigenvalue weighted by molar-refractivity contribution is 1.16. The van der Waals surface area contributed by atoms with Crippen LogP contribution in [0.2, 0.25) is 0 Å². The lowest BCUT2D eigenvalue weighted by Crippen LogP contribution is -1.80. The first-order valence-corrected chi connectivity index (χ1v) is 3.46. The average Bonchev–Trinajstić information content (AvgIpc) is 1.64. The van der Waals surface area contributed by atoms with Gasteiger partial charge in [0, 0.05) is 5.69 Å². The minimum absolute atomic E-state index is 1.06. The summed E-state index contributed by atoms with van der Waals surface area (Å²) in [5.41, 5.74) is 1.08. The molecule has 0 spiro atoms. The molecule has 0 aromatic carbocycles. The fourth-order valence-electron chi connectivity index (χ4n) is 0.510. The zero-order valence-electron chi connectivity index (χ0n) is 4.56. The number of hydrogen-bond acceptors (Lipinski definition) is 1. The molecule has 0 unspecified atom stereocenters. The number of rotatable bonds is 0. The average molecular weight is 219 g/mol. The van der Waals surface area contributed by atoms with Crippen LogP contribution < -0.4 is 0 Å². The molecule has 0 radical (unpaired) electrons. The van der Waals surface area contributed by atoms with Gasteiger partial charge in [0.15, 0.2) is 0 Å². The molecule has 0 saturated heterocycles. The lowest BCUT2D eigenvalue weighted by atomic mass is 10.4. The monoisotopic (exact) mass is 219 g/mol. The molecule has 1 aromatic rings. The molecular weight excluding hydrogens is 213 g/mol. The molecule has 0 N–H and O–H groups in total. The first-order valence-electron chi connectivity index (χ1n) is 2.38. The number of hydrogen-bond donors (Lipinski definition) is 0. The second kappa shape index (κ2) is 2.44. The van der Waals surface area contributed by atoms with Crippen molar-refractivity contribution in [2.75, 3.05) is 0 Å². The molecule has 0 atom stereocenters. The third-order valence-electron chi connectivity index (χ3n) is 0.854. The maximum atomic E-state index is 4.16. The maximum Gasteiger partial charge on any atom is 0.101 e. The van der Waals surface area contributed by atoms with Crippen molar-refractivity contribution in [3.63, 3.8) is 0 Å². The van der Waals surface area contributed by atoms with Gasteiger partial charge in [-0.2, -0.15) is 0 Å². The maximum absolute atomic E-state index is 4.16. The van der Waals surface area contributed by atoms with E-state index in [4.69, 9.17) is 0 Å². The fourth-order valence-corrected chi connectivity index (χ4v) is 1.10. The highest BCUT2D eigenvalue weighted by atomic mass is 127. The Morgan fingerprint density at radius 2 is 2.25 bits per heavy atom. The summed E-state index contributed by atoms with van der Waals surface area (Å²) in [7, 11) is 0. The molecule has 1 heterocycles. The molecule has 0 amide bonds. The third-order valence-corrected chi connectivity index (χ3v) is 1.46. The van der Waals surface area contributed by atoms with Crippen molar-refractivity contribution in [3.05, 3.63) is 27.6 Å². The van der Waals surface area contributed by atoms with Gasteiger partial charge >= 0.3 is 0 Å². The molecule has 42 valence electrons. The smallest absolute Gasteiger partial charge is 0.101 e. The predicted molar refractivity (Wildman–Crippen MR) is 41.7 cm³/mol. The van der Waals surface area contributed by atoms with Crippen LogP contribution in [-0.4, -0.2) is 4.98 Å². The fraction of sp³-hybridized carbons (Fsp3) is 0.167. The van der Waals surface area contributed by atoms with Crippen molar-refractivity contribution in [2.45, 2.75) is 6.92 Å². The number of nitrogens with zero attached hydrogens (tertiary/aromatic N) is 1. The van der Waals surface area contributed by atoms with Gasteiger partial charge in [0.05, 0.1) is 0 Å². The Hall–Kier alpha value is -0.120. The van der Waals surface area contributed by atoms with Gasteiger partial charge in [0.25, 0.3) is 0 Å². The van der Waals surface area contributed by atoms with Crippen LogP contribution in [0.5, 0.6) is 0 Å². The summed E-state index contributed by atoms with van der Waals surface area (Å²) in [6.45, 7) is 1.99. The van der Waals surface area contributed by atoms with Gasteiger partial charge in [-0.05, 0) is 41.6 Å². The Morgan fingerprint density at radius 1 is 1.50 bits per heavy atom. The number of aryl methyl sites for hydroxylation is 1. The summed E-state index contributed by atoms with van der Waals surface area (Å²) in [5.74, 6) is 0. The largest absolute Gasteiger partial charge is 0.247 e. The van der Waals surface area contributed by atoms with E-state index in [1.54, 1.807) is 0 Å². The van der Waals surface area contributed by atoms with Crippen molar-refractivity contribution in [3.8, 4) is 0 Å². The highest BCUT2D eigenvalue weighted by molar-refractivity contribution is 14.1. The quantitative estimate of drug-likeness (QED) is 0.480. The highest BCUT2D eigenvalue weighted by Gasteiger charge is 1.83. The predicted octanol–water partition coefficient (Wildman–Crippen LogP) is 1.99. The summed E-state index contributed by atoms with van der Waals surface area (Å²) in [4.78, 5) is 4.16. The van der Waals surface area contributed by atoms with Crippen molar-refractivity contribution in [1.29, 1.82) is 0 Å². The van der Waals surface area contributed by atoms with E-state index in [9.17, 15) is 0 Å². The summed E-state index contributed by atoms with van der Waals surface area (Å²) in [6.07, 6.45) is 0. The van der Waals surface area contributed by atoms with E-state index in [1.165, 1.54) is 0 Å². The molecule has 8 heavy (non-hydrogen) atoms. The molecule has 1 aromatic heterocycles. The first kappa shape index (κ1) is 6.01. The van der Waals surface area contributed by atoms with Gasteiger partial charge in [-0.3, -0.25) is 0 Å². The van der Waals surface area contributed by atoms with Crippen LogP contribution >= 0.6 is 22.6 Å². The first-order chi connectivity index (χ1) is 3.79. The second-order valence-electron chi connectivity index (χ2n) is 1.60. The van der Waals surface area contributed by atoms with E-state index in [1.807, 2.05) is 25.1 Å². The molecular formula is C6H6IN. The SMILES string of the molecule is Cc1cccc(I)n1. The molecule has 2 heteroatoms. The molecule has 1 nitrogen and oxygen atoms in total. The van der Waals surface area contributed by atoms with Gasteiger partial charge in [0.2, 0.25) is 0 Å². The zero-order valence-corrected chi connectivity index (χ0v) is 6.71. The van der Waals surface area contributed by atoms with E-state index in [0.29, 0.717) is 0 Å². The van der Waals surface area contributed by atoms with Gasteiger partial charge in [-0.25, -0.2) is 4.98 Å². The number of halogens is 1. The minimum atomic E-state index is 1.06. The lowest BCUT2D eigenvalue weighted by Gasteiger charge is -1.88. The highest BCUT2D eigenvalue weighted by Crippen LogP contribution is 1.99. The van der Waals surface area contributed by atoms with Gasteiger partial charge in [0.1, 0.15) is 3.70 Å². The van der Waals surface area contributed by atoms with Crippen molar-refractivity contribution in [1.82, 2.24) is 4.98 Å². The van der Waals surface area contributed by atoms with E-state index < -0.39 is 0 Å². The molecule has 0 bridgehead atoms. The zero-order chi connectivity index (χ0) is 5.98. The summed E-state index contributed by atoms with van der Waals surface area (Å²) in [5, 5.41) is 0. The molecule has 0 aliphatic heterocycles. The summed E-state index contributed by atoms with van der Waals surface area (Å²) in [6, 6.07) is 5.97. The van der Waals surface area contributed by atoms with Crippen LogP contribution in [0.3, 0.4) is 0 Å². The van der Waals surface area contributed by atoms with Gasteiger partial charge in [-0.15, -0.1) is 0 Å². The summed E-state index contributed by atoms with van der Waals surface area (Å²) < 4.78 is 1.06. The van der Waals surface area contributed by atoms with Crippen LogP contribution in [0.25, 0.3) is 0 Å². The van der Waals surface area contributed by atoms with Crippen LogP contribution in [0.15, 0.2) is 18.2 Å². The Morgan fingerprint density at radius 3 is 2.62 bits per heavy atom. The number of aromatic nitrogens is 1. The number of pyridine rings is 1. The van der Waals surface area contributed by atoms with E-state index >= 15 is 0 Å². The molecule has 0 fully saturated rings. The van der Waals surface area contributed by atoms with Crippen LogP contribution in [0.4, 0.5) is 0 Å². The second-order valence-corrected chi connectivity index (χ2v) is 2.71. The topological polar surface area (TPSA) is 12.9 Å². The molecule has 0 saturated carbocycles. The van der Waals surface area contributed by atoms with Crippen LogP contribution in [0, 0.1) is 10.6 Å². The molecule has 0 aliphatic carbocycles. The molecule has 0 aliphatic rings. The Balaban J connectivity index is 3.08. The van der Waals surface area contributed by atoms with E-state index in [2.05, 4.69) is 27.6 Å². The van der Waals surface area contributed by atoms with Gasteiger partial charge in [-0.1, -0.05) is 6.07 Å².